The molecule has 0 bridgehead atoms. The molecule has 4 heteroatoms. The molecule has 0 aromatic carbocycles. The summed E-state index contributed by atoms with van der Waals surface area (Å²) in [7, 11) is 1.94. The van der Waals surface area contributed by atoms with Gasteiger partial charge in [-0.3, -0.25) is 4.79 Å². The van der Waals surface area contributed by atoms with Crippen molar-refractivity contribution < 1.29 is 9.53 Å². The first kappa shape index (κ1) is 12.1. The molecule has 1 saturated carbocycles. The van der Waals surface area contributed by atoms with E-state index in [1.807, 2.05) is 38.6 Å². The van der Waals surface area contributed by atoms with E-state index < -0.39 is 5.60 Å². The molecule has 2 rings (SSSR count). The molecular formula is C13H20N2O2. The second-order valence-electron chi connectivity index (χ2n) is 5.91. The smallest absolute Gasteiger partial charge is 0.310 e. The summed E-state index contributed by atoms with van der Waals surface area (Å²) >= 11 is 0. The number of ether oxygens (including phenoxy) is 1. The SMILES string of the molecule is CC1C(c2cn(C)cn2)[C@H]1C(=O)OC(C)(C)C. The van der Waals surface area contributed by atoms with Crippen LogP contribution >= 0.6 is 0 Å². The lowest BCUT2D eigenvalue weighted by Gasteiger charge is -2.19. The average molecular weight is 236 g/mol. The van der Waals surface area contributed by atoms with E-state index in [1.54, 1.807) is 6.33 Å². The van der Waals surface area contributed by atoms with Crippen LogP contribution in [0, 0.1) is 11.8 Å². The van der Waals surface area contributed by atoms with Gasteiger partial charge in [0.05, 0.1) is 17.9 Å². The molecule has 0 amide bonds. The maximum Gasteiger partial charge on any atom is 0.310 e. The van der Waals surface area contributed by atoms with Gasteiger partial charge in [-0.05, 0) is 26.7 Å². The Morgan fingerprint density at radius 2 is 2.12 bits per heavy atom. The Hall–Kier alpha value is -1.32. The van der Waals surface area contributed by atoms with Crippen LogP contribution in [0.2, 0.25) is 0 Å². The predicted octanol–water partition coefficient (Wildman–Crippen LogP) is 2.11. The standard InChI is InChI=1S/C13H20N2O2/c1-8-10(9-6-15(5)7-14-9)11(8)12(16)17-13(2,3)4/h6-8,10-11H,1-5H3/t8?,10?,11-/m0/s1. The zero-order valence-electron chi connectivity index (χ0n) is 11.1. The number of aryl methyl sites for hydroxylation is 1. The fourth-order valence-corrected chi connectivity index (χ4v) is 2.25. The van der Waals surface area contributed by atoms with E-state index in [0.29, 0.717) is 5.92 Å². The molecule has 0 radical (unpaired) electrons. The zero-order chi connectivity index (χ0) is 12.8. The Bertz CT molecular complexity index is 431. The summed E-state index contributed by atoms with van der Waals surface area (Å²) in [5.74, 6) is 0.440. The Morgan fingerprint density at radius 1 is 1.47 bits per heavy atom. The van der Waals surface area contributed by atoms with Crippen LogP contribution in [0.4, 0.5) is 0 Å². The van der Waals surface area contributed by atoms with Crippen molar-refractivity contribution in [2.75, 3.05) is 0 Å². The van der Waals surface area contributed by atoms with E-state index >= 15 is 0 Å². The van der Waals surface area contributed by atoms with Gasteiger partial charge in [0.1, 0.15) is 5.60 Å². The highest BCUT2D eigenvalue weighted by Crippen LogP contribution is 2.53. The number of aromatic nitrogens is 2. The maximum atomic E-state index is 12.0. The Balaban J connectivity index is 2.04. The molecule has 1 aromatic heterocycles. The molecule has 1 aliphatic rings. The summed E-state index contributed by atoms with van der Waals surface area (Å²) in [6.07, 6.45) is 3.75. The summed E-state index contributed by atoms with van der Waals surface area (Å²) in [6.45, 7) is 7.77. The molecule has 94 valence electrons. The molecule has 0 saturated heterocycles. The van der Waals surface area contributed by atoms with E-state index in [4.69, 9.17) is 4.74 Å². The number of hydrogen-bond donors (Lipinski definition) is 0. The lowest BCUT2D eigenvalue weighted by atomic mass is 10.2. The van der Waals surface area contributed by atoms with E-state index in [0.717, 1.165) is 5.69 Å². The van der Waals surface area contributed by atoms with Gasteiger partial charge >= 0.3 is 5.97 Å². The van der Waals surface area contributed by atoms with Gasteiger partial charge in [-0.2, -0.15) is 0 Å². The largest absolute Gasteiger partial charge is 0.460 e. The van der Waals surface area contributed by atoms with Crippen LogP contribution in [0.5, 0.6) is 0 Å². The normalized spacial score (nSPS) is 27.9. The molecule has 1 aliphatic carbocycles. The van der Waals surface area contributed by atoms with Crippen molar-refractivity contribution in [1.82, 2.24) is 9.55 Å². The highest BCUT2D eigenvalue weighted by molar-refractivity contribution is 5.78. The third kappa shape index (κ3) is 2.51. The fourth-order valence-electron chi connectivity index (χ4n) is 2.25. The van der Waals surface area contributed by atoms with E-state index in [1.165, 1.54) is 0 Å². The Morgan fingerprint density at radius 3 is 2.59 bits per heavy atom. The first-order valence-corrected chi connectivity index (χ1v) is 6.00. The third-order valence-corrected chi connectivity index (χ3v) is 3.12. The van der Waals surface area contributed by atoms with Crippen molar-refractivity contribution >= 4 is 5.97 Å². The molecule has 2 unspecified atom stereocenters. The lowest BCUT2D eigenvalue weighted by molar-refractivity contribution is -0.156. The quantitative estimate of drug-likeness (QED) is 0.739. The van der Waals surface area contributed by atoms with Crippen LogP contribution in [0.15, 0.2) is 12.5 Å². The highest BCUT2D eigenvalue weighted by atomic mass is 16.6. The zero-order valence-corrected chi connectivity index (χ0v) is 11.1. The van der Waals surface area contributed by atoms with E-state index in [9.17, 15) is 4.79 Å². The van der Waals surface area contributed by atoms with Crippen LogP contribution in [-0.2, 0) is 16.6 Å². The van der Waals surface area contributed by atoms with Gasteiger partial charge in [-0.25, -0.2) is 4.98 Å². The van der Waals surface area contributed by atoms with Gasteiger partial charge in [-0.15, -0.1) is 0 Å². The molecule has 3 atom stereocenters. The van der Waals surface area contributed by atoms with Crippen molar-refractivity contribution in [2.24, 2.45) is 18.9 Å². The summed E-state index contributed by atoms with van der Waals surface area (Å²) in [5, 5.41) is 0. The van der Waals surface area contributed by atoms with Gasteiger partial charge in [0.15, 0.2) is 0 Å². The van der Waals surface area contributed by atoms with Gasteiger partial charge < -0.3 is 9.30 Å². The minimum atomic E-state index is -0.409. The number of imidazole rings is 1. The van der Waals surface area contributed by atoms with Gasteiger partial charge in [-0.1, -0.05) is 6.92 Å². The summed E-state index contributed by atoms with van der Waals surface area (Å²) < 4.78 is 7.33. The van der Waals surface area contributed by atoms with E-state index in [-0.39, 0.29) is 17.8 Å². The van der Waals surface area contributed by atoms with Crippen molar-refractivity contribution in [3.05, 3.63) is 18.2 Å². The lowest BCUT2D eigenvalue weighted by Crippen LogP contribution is -2.25. The Labute approximate surface area is 102 Å². The molecular weight excluding hydrogens is 216 g/mol. The molecule has 1 aromatic rings. The molecule has 1 fully saturated rings. The molecule has 0 aliphatic heterocycles. The van der Waals surface area contributed by atoms with Crippen LogP contribution in [0.3, 0.4) is 0 Å². The first-order chi connectivity index (χ1) is 7.79. The minimum Gasteiger partial charge on any atom is -0.460 e. The number of hydrogen-bond acceptors (Lipinski definition) is 3. The summed E-state index contributed by atoms with van der Waals surface area (Å²) in [4.78, 5) is 16.3. The molecule has 0 N–H and O–H groups in total. The fraction of sp³-hybridized carbons (Fsp3) is 0.692. The molecule has 1 heterocycles. The number of esters is 1. The van der Waals surface area contributed by atoms with Crippen molar-refractivity contribution in [1.29, 1.82) is 0 Å². The summed E-state index contributed by atoms with van der Waals surface area (Å²) in [6, 6.07) is 0. The monoisotopic (exact) mass is 236 g/mol. The molecule has 0 spiro atoms. The number of carbonyl (C=O) groups is 1. The second kappa shape index (κ2) is 3.86. The summed E-state index contributed by atoms with van der Waals surface area (Å²) in [5.41, 5.74) is 0.587. The Kier molecular flexibility index (Phi) is 2.76. The minimum absolute atomic E-state index is 0.0240. The van der Waals surface area contributed by atoms with Crippen LogP contribution in [-0.4, -0.2) is 21.1 Å². The van der Waals surface area contributed by atoms with Gasteiger partial charge in [0, 0.05) is 19.2 Å². The van der Waals surface area contributed by atoms with Crippen LogP contribution in [0.25, 0.3) is 0 Å². The second-order valence-corrected chi connectivity index (χ2v) is 5.91. The van der Waals surface area contributed by atoms with Gasteiger partial charge in [0.2, 0.25) is 0 Å². The average Bonchev–Trinajstić information content (AvgIpc) is 2.62. The number of carbonyl (C=O) groups excluding carboxylic acids is 1. The van der Waals surface area contributed by atoms with Crippen LogP contribution in [0.1, 0.15) is 39.3 Å². The van der Waals surface area contributed by atoms with Gasteiger partial charge in [0.25, 0.3) is 0 Å². The predicted molar refractivity (Wildman–Crippen MR) is 64.4 cm³/mol. The van der Waals surface area contributed by atoms with Crippen LogP contribution < -0.4 is 0 Å². The highest BCUT2D eigenvalue weighted by Gasteiger charge is 2.55. The first-order valence-electron chi connectivity index (χ1n) is 6.00. The van der Waals surface area contributed by atoms with E-state index in [2.05, 4.69) is 11.9 Å². The van der Waals surface area contributed by atoms with Crippen molar-refractivity contribution in [2.45, 2.75) is 39.2 Å². The number of rotatable bonds is 2. The third-order valence-electron chi connectivity index (χ3n) is 3.12. The molecule has 17 heavy (non-hydrogen) atoms. The van der Waals surface area contributed by atoms with Crippen molar-refractivity contribution in [3.8, 4) is 0 Å². The van der Waals surface area contributed by atoms with Crippen molar-refractivity contribution in [3.63, 3.8) is 0 Å². The molecule has 4 nitrogen and oxygen atoms in total. The number of nitrogens with zero attached hydrogens (tertiary/aromatic N) is 2. The maximum absolute atomic E-state index is 12.0. The topological polar surface area (TPSA) is 44.1 Å².